The second-order valence-corrected chi connectivity index (χ2v) is 9.93. The predicted octanol–water partition coefficient (Wildman–Crippen LogP) is 6.27. The highest BCUT2D eigenvalue weighted by Gasteiger charge is 2.16. The molecular weight excluding hydrogens is 454 g/mol. The summed E-state index contributed by atoms with van der Waals surface area (Å²) in [7, 11) is 1.70. The smallest absolute Gasteiger partial charge is 0.206 e. The topological polar surface area (TPSA) is 48.1 Å². The number of benzene rings is 3. The molecule has 0 saturated carbocycles. The zero-order chi connectivity index (χ0) is 24.4. The van der Waals surface area contributed by atoms with Crippen LogP contribution in [0, 0.1) is 20.8 Å². The van der Waals surface area contributed by atoms with Gasteiger partial charge in [0.15, 0.2) is 0 Å². The number of rotatable bonds is 6. The van der Waals surface area contributed by atoms with Crippen molar-refractivity contribution in [2.45, 2.75) is 39.7 Å². The number of aryl methyl sites for hydroxylation is 3. The highest BCUT2D eigenvalue weighted by molar-refractivity contribution is 7.07. The SMILES string of the molecule is COc1ccc2ccccc2c1C=Nn1c(-c2cc(C)c(C)cc2C)csc1=NCC1CCCO1. The molecule has 1 unspecified atom stereocenters. The largest absolute Gasteiger partial charge is 0.496 e. The lowest BCUT2D eigenvalue weighted by atomic mass is 9.99. The Bertz CT molecular complexity index is 1460. The number of nitrogens with zero attached hydrogens (tertiary/aromatic N) is 3. The van der Waals surface area contributed by atoms with Crippen LogP contribution < -0.4 is 9.54 Å². The van der Waals surface area contributed by atoms with Gasteiger partial charge in [-0.15, -0.1) is 11.3 Å². The third-order valence-electron chi connectivity index (χ3n) is 6.71. The lowest BCUT2D eigenvalue weighted by molar-refractivity contribution is 0.117. The van der Waals surface area contributed by atoms with E-state index in [1.807, 2.05) is 29.1 Å². The summed E-state index contributed by atoms with van der Waals surface area (Å²) in [6.07, 6.45) is 4.27. The van der Waals surface area contributed by atoms with Crippen molar-refractivity contribution in [2.75, 3.05) is 20.3 Å². The van der Waals surface area contributed by atoms with Crippen molar-refractivity contribution >= 4 is 28.3 Å². The molecule has 0 N–H and O–H groups in total. The maximum Gasteiger partial charge on any atom is 0.206 e. The molecule has 5 nitrogen and oxygen atoms in total. The molecule has 0 amide bonds. The average Bonchev–Trinajstić information content (AvgIpc) is 3.53. The molecule has 2 heterocycles. The van der Waals surface area contributed by atoms with E-state index >= 15 is 0 Å². The Morgan fingerprint density at radius 1 is 1.09 bits per heavy atom. The number of thiazole rings is 1. The third-order valence-corrected chi connectivity index (χ3v) is 7.56. The number of hydrogen-bond acceptors (Lipinski definition) is 5. The van der Waals surface area contributed by atoms with Crippen LogP contribution in [-0.2, 0) is 4.74 Å². The van der Waals surface area contributed by atoms with Crippen molar-refractivity contribution in [3.63, 3.8) is 0 Å². The van der Waals surface area contributed by atoms with Crippen LogP contribution in [0.25, 0.3) is 22.0 Å². The van der Waals surface area contributed by atoms with Crippen LogP contribution >= 0.6 is 11.3 Å². The molecule has 6 heteroatoms. The van der Waals surface area contributed by atoms with E-state index in [9.17, 15) is 0 Å². The molecule has 1 aliphatic rings. The van der Waals surface area contributed by atoms with Gasteiger partial charge in [-0.3, -0.25) is 4.99 Å². The molecule has 3 aromatic carbocycles. The van der Waals surface area contributed by atoms with Gasteiger partial charge in [0.25, 0.3) is 0 Å². The van der Waals surface area contributed by atoms with E-state index in [2.05, 4.69) is 56.5 Å². The maximum atomic E-state index is 5.81. The molecule has 1 aliphatic heterocycles. The van der Waals surface area contributed by atoms with Gasteiger partial charge < -0.3 is 9.47 Å². The molecule has 1 saturated heterocycles. The first-order valence-corrected chi connectivity index (χ1v) is 12.9. The van der Waals surface area contributed by atoms with Gasteiger partial charge in [0.2, 0.25) is 4.80 Å². The second-order valence-electron chi connectivity index (χ2n) is 9.09. The predicted molar refractivity (Wildman–Crippen MR) is 145 cm³/mol. The van der Waals surface area contributed by atoms with Crippen LogP contribution in [0.2, 0.25) is 0 Å². The summed E-state index contributed by atoms with van der Waals surface area (Å²) in [4.78, 5) is 5.80. The number of ether oxygens (including phenoxy) is 2. The summed E-state index contributed by atoms with van der Waals surface area (Å²) in [6.45, 7) is 7.95. The summed E-state index contributed by atoms with van der Waals surface area (Å²) >= 11 is 1.62. The van der Waals surface area contributed by atoms with Crippen molar-refractivity contribution in [2.24, 2.45) is 10.1 Å². The van der Waals surface area contributed by atoms with Gasteiger partial charge in [0, 0.05) is 23.1 Å². The quantitative estimate of drug-likeness (QED) is 0.302. The fourth-order valence-corrected chi connectivity index (χ4v) is 5.45. The molecule has 0 aliphatic carbocycles. The van der Waals surface area contributed by atoms with Crippen molar-refractivity contribution in [3.05, 3.63) is 81.0 Å². The summed E-state index contributed by atoms with van der Waals surface area (Å²) in [5.74, 6) is 0.796. The fraction of sp³-hybridized carbons (Fsp3) is 0.310. The Kier molecular flexibility index (Phi) is 6.84. The Morgan fingerprint density at radius 2 is 1.91 bits per heavy atom. The summed E-state index contributed by atoms with van der Waals surface area (Å²) in [5.41, 5.74) is 6.95. The number of aromatic nitrogens is 1. The molecule has 1 aromatic heterocycles. The Hall–Kier alpha value is -3.22. The molecule has 35 heavy (non-hydrogen) atoms. The van der Waals surface area contributed by atoms with Gasteiger partial charge in [-0.05, 0) is 73.2 Å². The van der Waals surface area contributed by atoms with Crippen LogP contribution in [0.15, 0.2) is 64.0 Å². The van der Waals surface area contributed by atoms with Crippen LogP contribution in [-0.4, -0.2) is 37.3 Å². The first-order valence-electron chi connectivity index (χ1n) is 12.1. The minimum absolute atomic E-state index is 0.194. The fourth-order valence-electron chi connectivity index (χ4n) is 4.61. The average molecular weight is 486 g/mol. The Balaban J connectivity index is 1.65. The highest BCUT2D eigenvalue weighted by Crippen LogP contribution is 2.29. The highest BCUT2D eigenvalue weighted by atomic mass is 32.1. The van der Waals surface area contributed by atoms with E-state index in [1.54, 1.807) is 18.4 Å². The van der Waals surface area contributed by atoms with Gasteiger partial charge in [-0.2, -0.15) is 5.10 Å². The molecule has 5 rings (SSSR count). The van der Waals surface area contributed by atoms with E-state index in [0.717, 1.165) is 52.0 Å². The molecular formula is C29H31N3O2S. The number of methoxy groups -OCH3 is 1. The van der Waals surface area contributed by atoms with Crippen molar-refractivity contribution in [3.8, 4) is 17.0 Å². The van der Waals surface area contributed by atoms with Crippen molar-refractivity contribution in [1.82, 2.24) is 4.68 Å². The first-order chi connectivity index (χ1) is 17.0. The molecule has 180 valence electrons. The Labute approximate surface area is 210 Å². The van der Waals surface area contributed by atoms with E-state index in [0.29, 0.717) is 6.54 Å². The lowest BCUT2D eigenvalue weighted by Gasteiger charge is -2.12. The van der Waals surface area contributed by atoms with E-state index in [4.69, 9.17) is 19.6 Å². The van der Waals surface area contributed by atoms with Gasteiger partial charge >= 0.3 is 0 Å². The summed E-state index contributed by atoms with van der Waals surface area (Å²) in [5, 5.41) is 9.41. The van der Waals surface area contributed by atoms with Crippen LogP contribution in [0.5, 0.6) is 5.75 Å². The third kappa shape index (κ3) is 4.81. The summed E-state index contributed by atoms with van der Waals surface area (Å²) < 4.78 is 13.5. The van der Waals surface area contributed by atoms with Crippen molar-refractivity contribution < 1.29 is 9.47 Å². The van der Waals surface area contributed by atoms with Gasteiger partial charge in [0.1, 0.15) is 5.75 Å². The standard InChI is InChI=1S/C29H31N3O2S/c1-19-14-21(3)25(15-20(19)2)27-18-35-29(30-16-23-9-7-13-34-23)32(27)31-17-26-24-10-6-5-8-22(24)11-12-28(26)33-4/h5-6,8,10-12,14-15,17-18,23H,7,9,13,16H2,1-4H3. The second kappa shape index (κ2) is 10.2. The van der Waals surface area contributed by atoms with Gasteiger partial charge in [0.05, 0.1) is 31.7 Å². The van der Waals surface area contributed by atoms with Gasteiger partial charge in [-0.25, -0.2) is 4.68 Å². The number of hydrogen-bond donors (Lipinski definition) is 0. The molecule has 0 radical (unpaired) electrons. The zero-order valence-electron chi connectivity index (χ0n) is 20.7. The molecule has 1 fully saturated rings. The lowest BCUT2D eigenvalue weighted by Crippen LogP contribution is -2.17. The first kappa shape index (κ1) is 23.5. The minimum atomic E-state index is 0.194. The maximum absolute atomic E-state index is 5.81. The minimum Gasteiger partial charge on any atom is -0.496 e. The van der Waals surface area contributed by atoms with E-state index < -0.39 is 0 Å². The number of fused-ring (bicyclic) bond motifs is 1. The van der Waals surface area contributed by atoms with Gasteiger partial charge in [-0.1, -0.05) is 36.4 Å². The summed E-state index contributed by atoms with van der Waals surface area (Å²) in [6, 6.07) is 16.9. The van der Waals surface area contributed by atoms with E-state index in [-0.39, 0.29) is 6.10 Å². The zero-order valence-corrected chi connectivity index (χ0v) is 21.6. The van der Waals surface area contributed by atoms with Crippen molar-refractivity contribution in [1.29, 1.82) is 0 Å². The molecule has 0 bridgehead atoms. The molecule has 4 aromatic rings. The normalized spacial score (nSPS) is 16.6. The van der Waals surface area contributed by atoms with E-state index in [1.165, 1.54) is 22.3 Å². The van der Waals surface area contributed by atoms with Crippen LogP contribution in [0.1, 0.15) is 35.1 Å². The monoisotopic (exact) mass is 485 g/mol. The molecule has 1 atom stereocenters. The van der Waals surface area contributed by atoms with Crippen LogP contribution in [0.4, 0.5) is 0 Å². The molecule has 0 spiro atoms. The Morgan fingerprint density at radius 3 is 2.71 bits per heavy atom. The van der Waals surface area contributed by atoms with Crippen LogP contribution in [0.3, 0.4) is 0 Å².